The number of amidine groups is 1. The average Bonchev–Trinajstić information content (AvgIpc) is 2.95. The predicted molar refractivity (Wildman–Crippen MR) is 153 cm³/mol. The van der Waals surface area contributed by atoms with Crippen LogP contribution in [0.1, 0.15) is 36.2 Å². The Morgan fingerprint density at radius 2 is 1.76 bits per heavy atom. The van der Waals surface area contributed by atoms with Crippen molar-refractivity contribution in [2.45, 2.75) is 32.2 Å². The number of carbonyl (C=O) groups excluding carboxylic acids is 1. The number of carbonyl (C=O) groups is 1. The van der Waals surface area contributed by atoms with Gasteiger partial charge in [0.15, 0.2) is 11.3 Å². The fourth-order valence-electron chi connectivity index (χ4n) is 4.80. The van der Waals surface area contributed by atoms with Crippen molar-refractivity contribution in [1.29, 1.82) is 0 Å². The molecular formula is C31H28N4O2S. The summed E-state index contributed by atoms with van der Waals surface area (Å²) in [4.78, 5) is 18.7. The van der Waals surface area contributed by atoms with Gasteiger partial charge in [-0.25, -0.2) is 5.01 Å². The van der Waals surface area contributed by atoms with Crippen molar-refractivity contribution in [3.8, 4) is 5.75 Å². The lowest BCUT2D eigenvalue weighted by Gasteiger charge is -2.35. The summed E-state index contributed by atoms with van der Waals surface area (Å²) in [6.07, 6.45) is 0.331. The number of thioether (sulfide) groups is 1. The normalized spacial score (nSPS) is 16.3. The molecule has 6 nitrogen and oxygen atoms in total. The van der Waals surface area contributed by atoms with Crippen LogP contribution in [0, 0.1) is 6.92 Å². The smallest absolute Gasteiger partial charge is 0.276 e. The minimum atomic E-state index is -0.557. The second-order valence-corrected chi connectivity index (χ2v) is 10.4. The first kappa shape index (κ1) is 24.2. The van der Waals surface area contributed by atoms with Gasteiger partial charge in [0, 0.05) is 16.5 Å². The van der Waals surface area contributed by atoms with E-state index in [1.165, 1.54) is 22.9 Å². The number of rotatable bonds is 6. The van der Waals surface area contributed by atoms with Crippen LogP contribution in [0.2, 0.25) is 0 Å². The highest BCUT2D eigenvalue weighted by Gasteiger charge is 2.36. The highest BCUT2D eigenvalue weighted by molar-refractivity contribution is 8.13. The summed E-state index contributed by atoms with van der Waals surface area (Å²) in [5.41, 5.74) is 3.79. The van der Waals surface area contributed by atoms with E-state index in [-0.39, 0.29) is 5.91 Å². The number of fused-ring (bicyclic) bond motifs is 3. The van der Waals surface area contributed by atoms with Gasteiger partial charge < -0.3 is 4.74 Å². The van der Waals surface area contributed by atoms with Gasteiger partial charge in [-0.2, -0.15) is 0 Å². The van der Waals surface area contributed by atoms with E-state index in [0.29, 0.717) is 23.2 Å². The van der Waals surface area contributed by atoms with Gasteiger partial charge in [0.25, 0.3) is 5.91 Å². The number of ether oxygens (including phenoxy) is 1. The van der Waals surface area contributed by atoms with Crippen molar-refractivity contribution in [1.82, 2.24) is 10.3 Å². The Balaban J connectivity index is 1.49. The fraction of sp³-hybridized carbons (Fsp3) is 0.194. The highest BCUT2D eigenvalue weighted by atomic mass is 32.2. The summed E-state index contributed by atoms with van der Waals surface area (Å²) < 4.78 is 6.23. The van der Waals surface area contributed by atoms with Crippen LogP contribution < -0.4 is 20.6 Å². The molecule has 1 atom stereocenters. The maximum Gasteiger partial charge on any atom is 0.276 e. The maximum atomic E-state index is 13.6. The number of nitrogens with zero attached hydrogens (tertiary/aromatic N) is 3. The van der Waals surface area contributed by atoms with Crippen LogP contribution in [0.15, 0.2) is 95.0 Å². The van der Waals surface area contributed by atoms with Crippen molar-refractivity contribution >= 4 is 39.3 Å². The van der Waals surface area contributed by atoms with Gasteiger partial charge in [0.1, 0.15) is 11.4 Å². The second kappa shape index (κ2) is 10.3. The number of nitrogens with one attached hydrogen (secondary N) is 1. The third kappa shape index (κ3) is 4.54. The Kier molecular flexibility index (Phi) is 6.60. The SMILES string of the molecule is CCCOc1ccc2ccccc2c1[C@@H]1N=c2ccccc2=C2C(=O)NC(SCc3ccc(C)cc3)=NN21. The third-order valence-electron chi connectivity index (χ3n) is 6.66. The molecule has 4 aromatic carbocycles. The van der Waals surface area contributed by atoms with E-state index in [2.05, 4.69) is 61.6 Å². The first-order valence-corrected chi connectivity index (χ1v) is 13.8. The summed E-state index contributed by atoms with van der Waals surface area (Å²) in [7, 11) is 0. The Morgan fingerprint density at radius 3 is 2.61 bits per heavy atom. The van der Waals surface area contributed by atoms with Gasteiger partial charge in [-0.15, -0.1) is 5.10 Å². The highest BCUT2D eigenvalue weighted by Crippen LogP contribution is 2.40. The van der Waals surface area contributed by atoms with Crippen molar-refractivity contribution in [2.24, 2.45) is 10.1 Å². The van der Waals surface area contributed by atoms with E-state index >= 15 is 0 Å². The van der Waals surface area contributed by atoms with E-state index in [1.54, 1.807) is 5.01 Å². The number of para-hydroxylation sites is 1. The molecule has 4 aromatic rings. The molecule has 0 aliphatic carbocycles. The van der Waals surface area contributed by atoms with E-state index in [9.17, 15) is 4.79 Å². The van der Waals surface area contributed by atoms with E-state index < -0.39 is 6.17 Å². The first-order valence-electron chi connectivity index (χ1n) is 12.8. The monoisotopic (exact) mass is 520 g/mol. The van der Waals surface area contributed by atoms with E-state index in [1.807, 2.05) is 42.5 Å². The largest absolute Gasteiger partial charge is 0.493 e. The zero-order valence-corrected chi connectivity index (χ0v) is 22.2. The molecule has 2 heterocycles. The predicted octanol–water partition coefficient (Wildman–Crippen LogP) is 5.01. The maximum absolute atomic E-state index is 13.6. The first-order chi connectivity index (χ1) is 18.6. The number of hydrogen-bond acceptors (Lipinski definition) is 6. The Hall–Kier alpha value is -4.10. The van der Waals surface area contributed by atoms with Gasteiger partial charge in [-0.3, -0.25) is 15.1 Å². The van der Waals surface area contributed by atoms with Crippen LogP contribution in [-0.4, -0.2) is 22.7 Å². The van der Waals surface area contributed by atoms with Gasteiger partial charge in [0.2, 0.25) is 0 Å². The summed E-state index contributed by atoms with van der Waals surface area (Å²) in [5, 5.41) is 14.0. The molecule has 38 heavy (non-hydrogen) atoms. The Morgan fingerprint density at radius 1 is 0.974 bits per heavy atom. The van der Waals surface area contributed by atoms with Crippen LogP contribution in [-0.2, 0) is 10.5 Å². The van der Waals surface area contributed by atoms with Crippen LogP contribution in [0.4, 0.5) is 0 Å². The molecule has 0 saturated heterocycles. The number of amides is 1. The zero-order chi connectivity index (χ0) is 26.1. The van der Waals surface area contributed by atoms with Crippen molar-refractivity contribution < 1.29 is 9.53 Å². The summed E-state index contributed by atoms with van der Waals surface area (Å²) in [5.74, 6) is 1.27. The van der Waals surface area contributed by atoms with Crippen LogP contribution in [0.3, 0.4) is 0 Å². The van der Waals surface area contributed by atoms with Gasteiger partial charge in [-0.05, 0) is 41.8 Å². The molecule has 2 aliphatic rings. The molecule has 0 spiro atoms. The summed E-state index contributed by atoms with van der Waals surface area (Å²) >= 11 is 1.51. The molecule has 0 fully saturated rings. The molecule has 7 heteroatoms. The molecule has 2 aliphatic heterocycles. The zero-order valence-electron chi connectivity index (χ0n) is 21.3. The lowest BCUT2D eigenvalue weighted by Crippen LogP contribution is -2.50. The molecule has 1 N–H and O–H groups in total. The standard InChI is InChI=1S/C31H28N4O2S/c1-3-18-37-26-17-16-22-8-4-5-9-23(22)27(26)29-32-25-11-7-6-10-24(25)28-30(36)33-31(34-35(28)29)38-19-21-14-12-20(2)13-15-21/h4-17,29H,3,18-19H2,1-2H3,(H,33,34,36)/t29-/m1/s1. The van der Waals surface area contributed by atoms with Crippen LogP contribution in [0.5, 0.6) is 5.75 Å². The Bertz CT molecular complexity index is 1680. The topological polar surface area (TPSA) is 66.3 Å². The molecule has 190 valence electrons. The lowest BCUT2D eigenvalue weighted by atomic mass is 9.99. The molecule has 1 amide bonds. The molecule has 0 unspecified atom stereocenters. The molecule has 0 radical (unpaired) electrons. The molecule has 0 aromatic heterocycles. The second-order valence-electron chi connectivity index (χ2n) is 9.39. The van der Waals surface area contributed by atoms with Crippen LogP contribution >= 0.6 is 11.8 Å². The van der Waals surface area contributed by atoms with Gasteiger partial charge >= 0.3 is 0 Å². The number of aryl methyl sites for hydroxylation is 1. The molecule has 6 rings (SSSR count). The summed E-state index contributed by atoms with van der Waals surface area (Å²) in [6, 6.07) is 28.4. The van der Waals surface area contributed by atoms with Crippen molar-refractivity contribution in [3.63, 3.8) is 0 Å². The van der Waals surface area contributed by atoms with Gasteiger partial charge in [0.05, 0.1) is 12.0 Å². The minimum absolute atomic E-state index is 0.185. The molecular weight excluding hydrogens is 492 g/mol. The van der Waals surface area contributed by atoms with E-state index in [4.69, 9.17) is 14.8 Å². The number of hydrogen-bond donors (Lipinski definition) is 1. The quantitative estimate of drug-likeness (QED) is 0.388. The molecule has 0 saturated carbocycles. The summed E-state index contributed by atoms with van der Waals surface area (Å²) in [6.45, 7) is 4.75. The van der Waals surface area contributed by atoms with Crippen LogP contribution in [0.25, 0.3) is 16.5 Å². The third-order valence-corrected chi connectivity index (χ3v) is 7.60. The number of hydrazone groups is 1. The lowest BCUT2D eigenvalue weighted by molar-refractivity contribution is -0.116. The average molecular weight is 521 g/mol. The Labute approximate surface area is 225 Å². The minimum Gasteiger partial charge on any atom is -0.493 e. The molecule has 0 bridgehead atoms. The number of benzene rings is 4. The van der Waals surface area contributed by atoms with E-state index in [0.717, 1.165) is 39.1 Å². The van der Waals surface area contributed by atoms with Gasteiger partial charge in [-0.1, -0.05) is 97.0 Å². The van der Waals surface area contributed by atoms with Crippen molar-refractivity contribution in [3.05, 3.63) is 112 Å². The fourth-order valence-corrected chi connectivity index (χ4v) is 5.60. The van der Waals surface area contributed by atoms with Crippen molar-refractivity contribution in [2.75, 3.05) is 6.61 Å².